The van der Waals surface area contributed by atoms with Gasteiger partial charge in [-0.15, -0.1) is 0 Å². The van der Waals surface area contributed by atoms with Crippen LogP contribution in [0.3, 0.4) is 0 Å². The van der Waals surface area contributed by atoms with Crippen LogP contribution >= 0.6 is 0 Å². The third-order valence-electron chi connectivity index (χ3n) is 1.58. The van der Waals surface area contributed by atoms with E-state index in [9.17, 15) is 0 Å². The Morgan fingerprint density at radius 3 is 2.36 bits per heavy atom. The van der Waals surface area contributed by atoms with Crippen LogP contribution in [0.4, 0.5) is 0 Å². The summed E-state index contributed by atoms with van der Waals surface area (Å²) in [4.78, 5) is 0. The summed E-state index contributed by atoms with van der Waals surface area (Å²) >= 11 is 0. The van der Waals surface area contributed by atoms with Gasteiger partial charge < -0.3 is 10.2 Å². The van der Waals surface area contributed by atoms with Crippen molar-refractivity contribution in [1.82, 2.24) is 0 Å². The van der Waals surface area contributed by atoms with Crippen molar-refractivity contribution < 1.29 is 10.2 Å². The molecule has 0 aromatic heterocycles. The van der Waals surface area contributed by atoms with Crippen molar-refractivity contribution >= 4 is 0 Å². The fourth-order valence-electron chi connectivity index (χ4n) is 0.900. The summed E-state index contributed by atoms with van der Waals surface area (Å²) in [5.41, 5.74) is 1.31. The second-order valence-corrected chi connectivity index (χ2v) is 2.74. The van der Waals surface area contributed by atoms with Gasteiger partial charge >= 0.3 is 0 Å². The molecule has 0 saturated heterocycles. The normalized spacial score (nSPS) is 12.1. The average molecular weight is 158 g/mol. The van der Waals surface area contributed by atoms with E-state index in [2.05, 4.69) is 13.0 Å². The Bertz CT molecular complexity index is 108. The minimum absolute atomic E-state index is 0.268. The van der Waals surface area contributed by atoms with Gasteiger partial charge in [0.25, 0.3) is 0 Å². The van der Waals surface area contributed by atoms with Crippen LogP contribution < -0.4 is 0 Å². The molecule has 2 nitrogen and oxygen atoms in total. The van der Waals surface area contributed by atoms with Gasteiger partial charge in [0.1, 0.15) is 0 Å². The maximum atomic E-state index is 8.52. The highest BCUT2D eigenvalue weighted by molar-refractivity contribution is 4.97. The highest BCUT2D eigenvalue weighted by atomic mass is 16.3. The molecule has 0 saturated carbocycles. The summed E-state index contributed by atoms with van der Waals surface area (Å²) in [5.74, 6) is 0. The number of hydrogen-bond donors (Lipinski definition) is 2. The number of unbranched alkanes of at least 4 members (excludes halogenated alkanes) is 1. The molecule has 2 N–H and O–H groups in total. The topological polar surface area (TPSA) is 40.5 Å². The zero-order valence-electron chi connectivity index (χ0n) is 7.21. The van der Waals surface area contributed by atoms with Crippen LogP contribution in [0.15, 0.2) is 11.6 Å². The van der Waals surface area contributed by atoms with E-state index in [1.807, 2.05) is 0 Å². The fraction of sp³-hybridized carbons (Fsp3) is 0.778. The Balaban J connectivity index is 3.30. The molecular weight excluding hydrogens is 140 g/mol. The van der Waals surface area contributed by atoms with Crippen molar-refractivity contribution in [3.05, 3.63) is 11.6 Å². The molecule has 0 atom stereocenters. The highest BCUT2D eigenvalue weighted by Crippen LogP contribution is 2.05. The molecule has 0 aliphatic carbocycles. The molecule has 0 aromatic rings. The van der Waals surface area contributed by atoms with Crippen LogP contribution in [0.2, 0.25) is 0 Å². The Morgan fingerprint density at radius 1 is 1.18 bits per heavy atom. The molecule has 0 fully saturated rings. The first-order valence-corrected chi connectivity index (χ1v) is 4.18. The van der Waals surface area contributed by atoms with Gasteiger partial charge in [-0.25, -0.2) is 0 Å². The van der Waals surface area contributed by atoms with Gasteiger partial charge in [-0.3, -0.25) is 0 Å². The van der Waals surface area contributed by atoms with E-state index < -0.39 is 0 Å². The molecule has 0 amide bonds. The summed E-state index contributed by atoms with van der Waals surface area (Å²) in [6, 6.07) is 0. The Labute approximate surface area is 68.6 Å². The van der Waals surface area contributed by atoms with Crippen LogP contribution in [-0.4, -0.2) is 23.4 Å². The lowest BCUT2D eigenvalue weighted by molar-refractivity contribution is 0.287. The molecule has 0 aliphatic rings. The van der Waals surface area contributed by atoms with Gasteiger partial charge in [-0.1, -0.05) is 11.6 Å². The maximum absolute atomic E-state index is 8.52. The zero-order valence-corrected chi connectivity index (χ0v) is 7.21. The molecule has 0 aliphatic heterocycles. The molecule has 0 rings (SSSR count). The molecule has 2 heteroatoms. The Hall–Kier alpha value is -0.340. The summed E-state index contributed by atoms with van der Waals surface area (Å²) in [6.07, 6.45) is 5.75. The smallest absolute Gasteiger partial charge is 0.0434 e. The molecule has 0 spiro atoms. The minimum atomic E-state index is 0.268. The van der Waals surface area contributed by atoms with Crippen LogP contribution in [-0.2, 0) is 0 Å². The first kappa shape index (κ1) is 10.7. The quantitative estimate of drug-likeness (QED) is 0.454. The summed E-state index contributed by atoms with van der Waals surface area (Å²) < 4.78 is 0. The SMILES string of the molecule is C/C(=C\CCCO)CCCO. The molecule has 0 radical (unpaired) electrons. The van der Waals surface area contributed by atoms with Gasteiger partial charge in [-0.2, -0.15) is 0 Å². The number of rotatable bonds is 6. The number of aliphatic hydroxyl groups excluding tert-OH is 2. The lowest BCUT2D eigenvalue weighted by Crippen LogP contribution is -1.85. The number of allylic oxidation sites excluding steroid dienone is 2. The first-order chi connectivity index (χ1) is 5.31. The van der Waals surface area contributed by atoms with E-state index in [4.69, 9.17) is 10.2 Å². The van der Waals surface area contributed by atoms with Crippen molar-refractivity contribution in [2.75, 3.05) is 13.2 Å². The van der Waals surface area contributed by atoms with E-state index in [0.717, 1.165) is 25.7 Å². The average Bonchev–Trinajstić information content (AvgIpc) is 2.01. The third kappa shape index (κ3) is 7.56. The standard InChI is InChI=1S/C9H18O2/c1-9(6-4-8-11)5-2-3-7-10/h5,10-11H,2-4,6-8H2,1H3/b9-5+. The van der Waals surface area contributed by atoms with E-state index in [1.165, 1.54) is 5.57 Å². The lowest BCUT2D eigenvalue weighted by atomic mass is 10.1. The van der Waals surface area contributed by atoms with Crippen molar-refractivity contribution in [1.29, 1.82) is 0 Å². The van der Waals surface area contributed by atoms with Gasteiger partial charge in [-0.05, 0) is 32.6 Å². The fourth-order valence-corrected chi connectivity index (χ4v) is 0.900. The Morgan fingerprint density at radius 2 is 1.82 bits per heavy atom. The minimum Gasteiger partial charge on any atom is -0.396 e. The molecule has 11 heavy (non-hydrogen) atoms. The van der Waals surface area contributed by atoms with Crippen LogP contribution in [0.25, 0.3) is 0 Å². The predicted octanol–water partition coefficient (Wildman–Crippen LogP) is 1.48. The monoisotopic (exact) mass is 158 g/mol. The third-order valence-corrected chi connectivity index (χ3v) is 1.58. The summed E-state index contributed by atoms with van der Waals surface area (Å²) in [5, 5.41) is 17.0. The van der Waals surface area contributed by atoms with Crippen molar-refractivity contribution in [2.45, 2.75) is 32.6 Å². The van der Waals surface area contributed by atoms with E-state index in [0.29, 0.717) is 0 Å². The van der Waals surface area contributed by atoms with Crippen molar-refractivity contribution in [3.8, 4) is 0 Å². The Kier molecular flexibility index (Phi) is 7.52. The second kappa shape index (κ2) is 7.76. The molecule has 0 unspecified atom stereocenters. The van der Waals surface area contributed by atoms with Gasteiger partial charge in [0.15, 0.2) is 0 Å². The lowest BCUT2D eigenvalue weighted by Gasteiger charge is -1.97. The number of hydrogen-bond acceptors (Lipinski definition) is 2. The maximum Gasteiger partial charge on any atom is 0.0434 e. The van der Waals surface area contributed by atoms with Crippen LogP contribution in [0.5, 0.6) is 0 Å². The van der Waals surface area contributed by atoms with Crippen LogP contribution in [0, 0.1) is 0 Å². The second-order valence-electron chi connectivity index (χ2n) is 2.74. The number of aliphatic hydroxyl groups is 2. The largest absolute Gasteiger partial charge is 0.396 e. The summed E-state index contributed by atoms with van der Waals surface area (Å²) in [7, 11) is 0. The molecule has 66 valence electrons. The van der Waals surface area contributed by atoms with Gasteiger partial charge in [0, 0.05) is 13.2 Å². The summed E-state index contributed by atoms with van der Waals surface area (Å²) in [6.45, 7) is 2.60. The predicted molar refractivity (Wildman–Crippen MR) is 46.4 cm³/mol. The van der Waals surface area contributed by atoms with Crippen LogP contribution in [0.1, 0.15) is 32.6 Å². The van der Waals surface area contributed by atoms with Gasteiger partial charge in [0.05, 0.1) is 0 Å². The highest BCUT2D eigenvalue weighted by Gasteiger charge is 1.88. The van der Waals surface area contributed by atoms with E-state index >= 15 is 0 Å². The van der Waals surface area contributed by atoms with Crippen molar-refractivity contribution in [3.63, 3.8) is 0 Å². The van der Waals surface area contributed by atoms with Crippen molar-refractivity contribution in [2.24, 2.45) is 0 Å². The van der Waals surface area contributed by atoms with Gasteiger partial charge in [0.2, 0.25) is 0 Å². The van der Waals surface area contributed by atoms with E-state index in [-0.39, 0.29) is 13.2 Å². The molecule has 0 bridgehead atoms. The molecular formula is C9H18O2. The first-order valence-electron chi connectivity index (χ1n) is 4.18. The molecule has 0 heterocycles. The van der Waals surface area contributed by atoms with E-state index in [1.54, 1.807) is 0 Å². The molecule has 0 aromatic carbocycles. The zero-order chi connectivity index (χ0) is 8.53.